The zero-order valence-electron chi connectivity index (χ0n) is 11.8. The molecular weight excluding hydrogens is 280 g/mol. The number of amides is 2. The van der Waals surface area contributed by atoms with Crippen molar-refractivity contribution in [1.82, 2.24) is 20.2 Å². The second-order valence-electron chi connectivity index (χ2n) is 4.21. The first-order valence-electron chi connectivity index (χ1n) is 6.30. The highest BCUT2D eigenvalue weighted by atomic mass is 16.5. The Labute approximate surface area is 121 Å². The number of ether oxygens (including phenoxy) is 1. The molecule has 1 aromatic rings. The Hall–Kier alpha value is -2.58. The van der Waals surface area contributed by atoms with Crippen LogP contribution >= 0.6 is 0 Å². The maximum Gasteiger partial charge on any atom is 0.326 e. The van der Waals surface area contributed by atoms with Crippen LogP contribution in [-0.2, 0) is 20.7 Å². The molecule has 0 aliphatic rings. The van der Waals surface area contributed by atoms with Gasteiger partial charge in [-0.2, -0.15) is 0 Å². The van der Waals surface area contributed by atoms with E-state index in [1.54, 1.807) is 6.92 Å². The van der Waals surface area contributed by atoms with Crippen molar-refractivity contribution in [3.8, 4) is 0 Å². The first kappa shape index (κ1) is 16.5. The molecule has 9 nitrogen and oxygen atoms in total. The van der Waals surface area contributed by atoms with E-state index in [1.165, 1.54) is 19.6 Å². The minimum Gasteiger partial charge on any atom is -0.480 e. The van der Waals surface area contributed by atoms with Gasteiger partial charge in [-0.05, 0) is 6.92 Å². The van der Waals surface area contributed by atoms with Gasteiger partial charge in [-0.1, -0.05) is 0 Å². The number of carbonyl (C=O) groups excluding carboxylic acids is 2. The molecule has 1 heterocycles. The maximum atomic E-state index is 12.0. The number of hydrogen-bond donors (Lipinski definition) is 3. The number of rotatable bonds is 7. The van der Waals surface area contributed by atoms with Gasteiger partial charge in [0, 0.05) is 24.9 Å². The molecule has 0 aliphatic carbocycles. The summed E-state index contributed by atoms with van der Waals surface area (Å²) in [6.45, 7) is 1.68. The van der Waals surface area contributed by atoms with Gasteiger partial charge in [0.25, 0.3) is 0 Å². The van der Waals surface area contributed by atoms with E-state index in [2.05, 4.69) is 20.0 Å². The number of nitrogens with one attached hydrogen (secondary N) is 2. The molecule has 1 aromatic heterocycles. The first-order chi connectivity index (χ1) is 9.97. The molecule has 2 amide bonds. The van der Waals surface area contributed by atoms with Gasteiger partial charge in [-0.25, -0.2) is 14.6 Å². The van der Waals surface area contributed by atoms with Crippen molar-refractivity contribution in [2.24, 2.45) is 0 Å². The number of H-pyrrole nitrogens is 1. The molecule has 0 unspecified atom stereocenters. The van der Waals surface area contributed by atoms with Crippen molar-refractivity contribution in [1.29, 1.82) is 0 Å². The third kappa shape index (κ3) is 5.13. The van der Waals surface area contributed by atoms with Crippen LogP contribution in [0.3, 0.4) is 0 Å². The smallest absolute Gasteiger partial charge is 0.326 e. The molecule has 0 saturated heterocycles. The molecule has 0 saturated carbocycles. The Bertz CT molecular complexity index is 488. The standard InChI is InChI=1S/C12H18N4O5/c1-3-16(6-10(17)21-2)12(20)15-9(11(18)19)4-8-5-13-7-14-8/h5,7,9H,3-4,6H2,1-2H3,(H,13,14)(H,15,20)(H,18,19)/t9-/m1/s1. The number of carboxylic acid groups (broad SMARTS) is 1. The summed E-state index contributed by atoms with van der Waals surface area (Å²) in [7, 11) is 1.21. The average molecular weight is 298 g/mol. The van der Waals surface area contributed by atoms with Crippen molar-refractivity contribution >= 4 is 18.0 Å². The number of imidazole rings is 1. The van der Waals surface area contributed by atoms with Gasteiger partial charge in [0.2, 0.25) is 0 Å². The molecule has 116 valence electrons. The number of likely N-dealkylation sites (N-methyl/N-ethyl adjacent to an activating group) is 1. The number of carbonyl (C=O) groups is 3. The minimum atomic E-state index is -1.17. The lowest BCUT2D eigenvalue weighted by Gasteiger charge is -2.22. The molecule has 9 heteroatoms. The fourth-order valence-electron chi connectivity index (χ4n) is 1.60. The Morgan fingerprint density at radius 1 is 1.52 bits per heavy atom. The van der Waals surface area contributed by atoms with E-state index in [4.69, 9.17) is 5.11 Å². The quantitative estimate of drug-likeness (QED) is 0.589. The average Bonchev–Trinajstić information content (AvgIpc) is 2.96. The lowest BCUT2D eigenvalue weighted by Crippen LogP contribution is -2.50. The number of methoxy groups -OCH3 is 1. The van der Waals surface area contributed by atoms with Gasteiger partial charge >= 0.3 is 18.0 Å². The topological polar surface area (TPSA) is 125 Å². The van der Waals surface area contributed by atoms with E-state index in [0.717, 1.165) is 4.90 Å². The van der Waals surface area contributed by atoms with E-state index in [9.17, 15) is 14.4 Å². The van der Waals surface area contributed by atoms with Crippen LogP contribution in [0, 0.1) is 0 Å². The molecule has 0 aliphatic heterocycles. The molecule has 0 spiro atoms. The molecule has 21 heavy (non-hydrogen) atoms. The number of aliphatic carboxylic acids is 1. The van der Waals surface area contributed by atoms with Gasteiger partial charge in [-0.3, -0.25) is 4.79 Å². The second-order valence-corrected chi connectivity index (χ2v) is 4.21. The van der Waals surface area contributed by atoms with Crippen LogP contribution < -0.4 is 5.32 Å². The molecule has 1 rings (SSSR count). The van der Waals surface area contributed by atoms with E-state index >= 15 is 0 Å². The van der Waals surface area contributed by atoms with Crippen molar-refractivity contribution in [3.63, 3.8) is 0 Å². The van der Waals surface area contributed by atoms with E-state index in [-0.39, 0.29) is 19.5 Å². The lowest BCUT2D eigenvalue weighted by atomic mass is 10.1. The fraction of sp³-hybridized carbons (Fsp3) is 0.500. The number of urea groups is 1. The lowest BCUT2D eigenvalue weighted by molar-refractivity contribution is -0.141. The van der Waals surface area contributed by atoms with Gasteiger partial charge in [0.05, 0.1) is 13.4 Å². The van der Waals surface area contributed by atoms with E-state index in [0.29, 0.717) is 5.69 Å². The number of nitrogens with zero attached hydrogens (tertiary/aromatic N) is 2. The monoisotopic (exact) mass is 298 g/mol. The molecule has 0 bridgehead atoms. The molecule has 3 N–H and O–H groups in total. The summed E-state index contributed by atoms with van der Waals surface area (Å²) in [4.78, 5) is 42.1. The molecule has 0 aromatic carbocycles. The Morgan fingerprint density at radius 3 is 2.71 bits per heavy atom. The third-order valence-corrected chi connectivity index (χ3v) is 2.79. The zero-order chi connectivity index (χ0) is 15.8. The van der Waals surface area contributed by atoms with Gasteiger partial charge in [0.1, 0.15) is 12.6 Å². The van der Waals surface area contributed by atoms with E-state index < -0.39 is 24.0 Å². The Morgan fingerprint density at radius 2 is 2.24 bits per heavy atom. The highest BCUT2D eigenvalue weighted by Gasteiger charge is 2.24. The predicted molar refractivity (Wildman–Crippen MR) is 71.5 cm³/mol. The molecular formula is C12H18N4O5. The number of carboxylic acids is 1. The maximum absolute atomic E-state index is 12.0. The fourth-order valence-corrected chi connectivity index (χ4v) is 1.60. The SMILES string of the molecule is CCN(CC(=O)OC)C(=O)N[C@H](Cc1cnc[nH]1)C(=O)O. The van der Waals surface area contributed by atoms with Crippen LogP contribution in [0.4, 0.5) is 4.79 Å². The van der Waals surface area contributed by atoms with E-state index in [1.807, 2.05) is 0 Å². The van der Waals surface area contributed by atoms with Gasteiger partial charge in [-0.15, -0.1) is 0 Å². The van der Waals surface area contributed by atoms with Crippen LogP contribution in [0.2, 0.25) is 0 Å². The van der Waals surface area contributed by atoms with Crippen LogP contribution in [-0.4, -0.2) is 64.2 Å². The molecule has 1 atom stereocenters. The van der Waals surface area contributed by atoms with Crippen LogP contribution in [0.1, 0.15) is 12.6 Å². The van der Waals surface area contributed by atoms with Crippen LogP contribution in [0.25, 0.3) is 0 Å². The number of hydrogen-bond acceptors (Lipinski definition) is 5. The summed E-state index contributed by atoms with van der Waals surface area (Å²) < 4.78 is 4.48. The summed E-state index contributed by atoms with van der Waals surface area (Å²) in [5, 5.41) is 11.5. The van der Waals surface area contributed by atoms with Crippen molar-refractivity contribution in [2.45, 2.75) is 19.4 Å². The van der Waals surface area contributed by atoms with Crippen molar-refractivity contribution in [3.05, 3.63) is 18.2 Å². The zero-order valence-corrected chi connectivity index (χ0v) is 11.8. The summed E-state index contributed by atoms with van der Waals surface area (Å²) in [5.41, 5.74) is 0.582. The second kappa shape index (κ2) is 7.88. The van der Waals surface area contributed by atoms with Crippen molar-refractivity contribution in [2.75, 3.05) is 20.2 Å². The summed E-state index contributed by atoms with van der Waals surface area (Å²) in [6, 6.07) is -1.76. The molecule has 0 fully saturated rings. The summed E-state index contributed by atoms with van der Waals surface area (Å²) >= 11 is 0. The highest BCUT2D eigenvalue weighted by Crippen LogP contribution is 2.01. The van der Waals surface area contributed by atoms with Gasteiger partial charge < -0.3 is 25.0 Å². The molecule has 0 radical (unpaired) electrons. The van der Waals surface area contributed by atoms with Crippen LogP contribution in [0.5, 0.6) is 0 Å². The summed E-state index contributed by atoms with van der Waals surface area (Å²) in [6.07, 6.45) is 2.97. The highest BCUT2D eigenvalue weighted by molar-refractivity contribution is 5.85. The Balaban J connectivity index is 2.66. The normalized spacial score (nSPS) is 11.5. The summed E-state index contributed by atoms with van der Waals surface area (Å²) in [5.74, 6) is -1.75. The number of esters is 1. The third-order valence-electron chi connectivity index (χ3n) is 2.79. The minimum absolute atomic E-state index is 0.0663. The first-order valence-corrected chi connectivity index (χ1v) is 6.30. The van der Waals surface area contributed by atoms with Gasteiger partial charge in [0.15, 0.2) is 0 Å². The number of aromatic amines is 1. The van der Waals surface area contributed by atoms with Crippen molar-refractivity contribution < 1.29 is 24.2 Å². The van der Waals surface area contributed by atoms with Crippen LogP contribution in [0.15, 0.2) is 12.5 Å². The largest absolute Gasteiger partial charge is 0.480 e. The number of aromatic nitrogens is 2. The predicted octanol–water partition coefficient (Wildman–Crippen LogP) is -0.390. The Kier molecular flexibility index (Phi) is 6.18.